The highest BCUT2D eigenvalue weighted by Crippen LogP contribution is 2.31. The van der Waals surface area contributed by atoms with E-state index < -0.39 is 16.7 Å². The lowest BCUT2D eigenvalue weighted by molar-refractivity contribution is -0.384. The van der Waals surface area contributed by atoms with Crippen LogP contribution in [0.25, 0.3) is 0 Å². The average Bonchev–Trinajstić information content (AvgIpc) is 2.78. The molecule has 22 heavy (non-hydrogen) atoms. The Labute approximate surface area is 129 Å². The van der Waals surface area contributed by atoms with Gasteiger partial charge in [0.15, 0.2) is 0 Å². The highest BCUT2D eigenvalue weighted by molar-refractivity contribution is 7.98. The number of non-ortho nitro benzene ring substituents is 1. The second kappa shape index (κ2) is 5.23. The van der Waals surface area contributed by atoms with Gasteiger partial charge in [-0.2, -0.15) is 0 Å². The van der Waals surface area contributed by atoms with Crippen molar-refractivity contribution in [2.45, 2.75) is 5.03 Å². The molecule has 1 aromatic carbocycles. The molecule has 8 heteroatoms. The maximum Gasteiger partial charge on any atom is 0.270 e. The third-order valence-corrected chi connectivity index (χ3v) is 3.91. The molecule has 1 aliphatic heterocycles. The van der Waals surface area contributed by atoms with Crippen molar-refractivity contribution in [1.29, 1.82) is 0 Å². The molecular formula is C14H9N3O4S. The number of benzene rings is 1. The fourth-order valence-electron chi connectivity index (χ4n) is 2.23. The number of pyridine rings is 1. The SMILES string of the molecule is CSc1cc(N2C(=O)c3ccc([N+](=O)[O-])cc3C2=O)ccn1. The molecule has 0 saturated heterocycles. The van der Waals surface area contributed by atoms with Crippen molar-refractivity contribution < 1.29 is 14.5 Å². The van der Waals surface area contributed by atoms with Gasteiger partial charge in [-0.05, 0) is 24.5 Å². The molecule has 2 amide bonds. The first kappa shape index (κ1) is 14.2. The summed E-state index contributed by atoms with van der Waals surface area (Å²) in [5, 5.41) is 11.5. The molecule has 0 N–H and O–H groups in total. The maximum absolute atomic E-state index is 12.4. The first-order valence-electron chi connectivity index (χ1n) is 6.20. The summed E-state index contributed by atoms with van der Waals surface area (Å²) in [5.41, 5.74) is 0.384. The van der Waals surface area contributed by atoms with Crippen LogP contribution in [0.15, 0.2) is 41.6 Å². The van der Waals surface area contributed by atoms with E-state index in [1.54, 1.807) is 12.1 Å². The number of carbonyl (C=O) groups is 2. The van der Waals surface area contributed by atoms with Gasteiger partial charge in [0.05, 0.1) is 26.8 Å². The Bertz CT molecular complexity index is 821. The lowest BCUT2D eigenvalue weighted by Crippen LogP contribution is -2.29. The number of hydrogen-bond acceptors (Lipinski definition) is 6. The number of nitro benzene ring substituents is 1. The summed E-state index contributed by atoms with van der Waals surface area (Å²) in [7, 11) is 0. The number of imide groups is 1. The molecule has 2 aromatic rings. The van der Waals surface area contributed by atoms with Crippen LogP contribution in [0.2, 0.25) is 0 Å². The fraction of sp³-hybridized carbons (Fsp3) is 0.0714. The highest BCUT2D eigenvalue weighted by atomic mass is 32.2. The number of nitro groups is 1. The maximum atomic E-state index is 12.4. The van der Waals surface area contributed by atoms with E-state index in [4.69, 9.17) is 0 Å². The van der Waals surface area contributed by atoms with Crippen LogP contribution in [0.5, 0.6) is 0 Å². The molecule has 3 rings (SSSR count). The Morgan fingerprint density at radius 1 is 1.14 bits per heavy atom. The smallest absolute Gasteiger partial charge is 0.268 e. The van der Waals surface area contributed by atoms with E-state index in [0.717, 1.165) is 11.0 Å². The van der Waals surface area contributed by atoms with Gasteiger partial charge in [0.25, 0.3) is 17.5 Å². The second-order valence-electron chi connectivity index (χ2n) is 4.49. The van der Waals surface area contributed by atoms with Gasteiger partial charge in [0.2, 0.25) is 0 Å². The normalized spacial score (nSPS) is 13.4. The van der Waals surface area contributed by atoms with Crippen LogP contribution in [0.3, 0.4) is 0 Å². The first-order chi connectivity index (χ1) is 10.5. The molecule has 0 bridgehead atoms. The van der Waals surface area contributed by atoms with Gasteiger partial charge in [-0.15, -0.1) is 11.8 Å². The van der Waals surface area contributed by atoms with Gasteiger partial charge >= 0.3 is 0 Å². The molecule has 110 valence electrons. The van der Waals surface area contributed by atoms with E-state index in [2.05, 4.69) is 4.98 Å². The van der Waals surface area contributed by atoms with Crippen LogP contribution in [-0.4, -0.2) is 28.0 Å². The van der Waals surface area contributed by atoms with Crippen molar-refractivity contribution in [3.05, 3.63) is 57.8 Å². The summed E-state index contributed by atoms with van der Waals surface area (Å²) in [5.74, 6) is -1.06. The molecule has 0 unspecified atom stereocenters. The number of nitrogens with zero attached hydrogens (tertiary/aromatic N) is 3. The van der Waals surface area contributed by atoms with E-state index >= 15 is 0 Å². The van der Waals surface area contributed by atoms with Gasteiger partial charge < -0.3 is 0 Å². The number of carbonyl (C=O) groups excluding carboxylic acids is 2. The summed E-state index contributed by atoms with van der Waals surface area (Å²) >= 11 is 1.38. The van der Waals surface area contributed by atoms with Crippen LogP contribution in [0.4, 0.5) is 11.4 Å². The van der Waals surface area contributed by atoms with E-state index in [0.29, 0.717) is 10.7 Å². The number of anilines is 1. The molecule has 0 atom stereocenters. The van der Waals surface area contributed by atoms with Gasteiger partial charge in [-0.25, -0.2) is 9.88 Å². The van der Waals surface area contributed by atoms with Crippen LogP contribution in [-0.2, 0) is 0 Å². The topological polar surface area (TPSA) is 93.4 Å². The van der Waals surface area contributed by atoms with Crippen LogP contribution >= 0.6 is 11.8 Å². The number of aromatic nitrogens is 1. The first-order valence-corrected chi connectivity index (χ1v) is 7.42. The number of amides is 2. The average molecular weight is 315 g/mol. The molecule has 0 aliphatic carbocycles. The monoisotopic (exact) mass is 315 g/mol. The zero-order valence-electron chi connectivity index (χ0n) is 11.3. The lowest BCUT2D eigenvalue weighted by atomic mass is 10.1. The van der Waals surface area contributed by atoms with Crippen LogP contribution in [0, 0.1) is 10.1 Å². The molecule has 2 heterocycles. The fourth-order valence-corrected chi connectivity index (χ4v) is 2.63. The van der Waals surface area contributed by atoms with Gasteiger partial charge in [-0.1, -0.05) is 0 Å². The van der Waals surface area contributed by atoms with E-state index in [-0.39, 0.29) is 16.8 Å². The molecular weight excluding hydrogens is 306 g/mol. The summed E-state index contributed by atoms with van der Waals surface area (Å²) in [6.07, 6.45) is 3.34. The summed E-state index contributed by atoms with van der Waals surface area (Å²) < 4.78 is 0. The molecule has 0 radical (unpaired) electrons. The Balaban J connectivity index is 2.08. The van der Waals surface area contributed by atoms with Crippen molar-refractivity contribution in [2.24, 2.45) is 0 Å². The van der Waals surface area contributed by atoms with E-state index in [9.17, 15) is 19.7 Å². The number of fused-ring (bicyclic) bond motifs is 1. The van der Waals surface area contributed by atoms with Crippen molar-refractivity contribution in [2.75, 3.05) is 11.2 Å². The van der Waals surface area contributed by atoms with Gasteiger partial charge in [-0.3, -0.25) is 19.7 Å². The molecule has 7 nitrogen and oxygen atoms in total. The molecule has 0 fully saturated rings. The lowest BCUT2D eigenvalue weighted by Gasteiger charge is -2.14. The summed E-state index contributed by atoms with van der Waals surface area (Å²) in [6.45, 7) is 0. The Morgan fingerprint density at radius 2 is 1.86 bits per heavy atom. The quantitative estimate of drug-likeness (QED) is 0.374. The van der Waals surface area contributed by atoms with E-state index in [1.807, 2.05) is 6.26 Å². The third-order valence-electron chi connectivity index (χ3n) is 3.27. The Morgan fingerprint density at radius 3 is 2.55 bits per heavy atom. The predicted octanol–water partition coefficient (Wildman–Crippen LogP) is 2.51. The minimum absolute atomic E-state index is 0.0433. The van der Waals surface area contributed by atoms with E-state index in [1.165, 1.54) is 30.1 Å². The van der Waals surface area contributed by atoms with Crippen molar-refractivity contribution in [1.82, 2.24) is 4.98 Å². The number of rotatable bonds is 3. The predicted molar refractivity (Wildman–Crippen MR) is 80.3 cm³/mol. The molecule has 0 saturated carbocycles. The number of hydrogen-bond donors (Lipinski definition) is 0. The summed E-state index contributed by atoms with van der Waals surface area (Å²) in [4.78, 5) is 40.1. The minimum Gasteiger partial charge on any atom is -0.268 e. The van der Waals surface area contributed by atoms with Crippen LogP contribution in [0.1, 0.15) is 20.7 Å². The zero-order chi connectivity index (χ0) is 15.9. The van der Waals surface area contributed by atoms with Crippen molar-refractivity contribution >= 4 is 35.0 Å². The molecule has 0 spiro atoms. The third kappa shape index (κ3) is 2.13. The molecule has 1 aromatic heterocycles. The zero-order valence-corrected chi connectivity index (χ0v) is 12.2. The van der Waals surface area contributed by atoms with Gasteiger partial charge in [0.1, 0.15) is 0 Å². The largest absolute Gasteiger partial charge is 0.270 e. The standard InChI is InChI=1S/C14H9N3O4S/c1-22-12-7-8(4-5-15-12)16-13(18)10-3-2-9(17(20)21)6-11(10)14(16)19/h2-7H,1H3. The minimum atomic E-state index is -0.598. The molecule has 1 aliphatic rings. The van der Waals surface area contributed by atoms with Crippen LogP contribution < -0.4 is 4.90 Å². The van der Waals surface area contributed by atoms with Crippen molar-refractivity contribution in [3.63, 3.8) is 0 Å². The van der Waals surface area contributed by atoms with Gasteiger partial charge in [0, 0.05) is 18.3 Å². The Kier molecular flexibility index (Phi) is 3.38. The number of thioether (sulfide) groups is 1. The summed E-state index contributed by atoms with van der Waals surface area (Å²) in [6, 6.07) is 6.83. The van der Waals surface area contributed by atoms with Crippen molar-refractivity contribution in [3.8, 4) is 0 Å². The highest BCUT2D eigenvalue weighted by Gasteiger charge is 2.37. The second-order valence-corrected chi connectivity index (χ2v) is 5.32. The Hall–Kier alpha value is -2.74.